The van der Waals surface area contributed by atoms with Crippen LogP contribution in [0.1, 0.15) is 24.8 Å². The van der Waals surface area contributed by atoms with Crippen molar-refractivity contribution >= 4 is 15.9 Å². The molecule has 1 saturated heterocycles. The van der Waals surface area contributed by atoms with Crippen molar-refractivity contribution in [2.24, 2.45) is 0 Å². The molecule has 2 rings (SSSR count). The average molecular weight is 341 g/mol. The quantitative estimate of drug-likeness (QED) is 0.772. The summed E-state index contributed by atoms with van der Waals surface area (Å²) in [5.74, 6) is 0. The Morgan fingerprint density at radius 3 is 2.90 bits per heavy atom. The van der Waals surface area contributed by atoms with Crippen molar-refractivity contribution in [2.45, 2.75) is 31.9 Å². The molecular formula is C16H25BrN2O. The lowest BCUT2D eigenvalue weighted by Crippen LogP contribution is -2.33. The van der Waals surface area contributed by atoms with Gasteiger partial charge in [-0.3, -0.25) is 0 Å². The smallest absolute Gasteiger partial charge is 0.0599 e. The van der Waals surface area contributed by atoms with Crippen molar-refractivity contribution < 1.29 is 4.74 Å². The van der Waals surface area contributed by atoms with E-state index >= 15 is 0 Å². The predicted molar refractivity (Wildman–Crippen MR) is 86.9 cm³/mol. The molecule has 0 bridgehead atoms. The van der Waals surface area contributed by atoms with Gasteiger partial charge in [-0.2, -0.15) is 0 Å². The van der Waals surface area contributed by atoms with Gasteiger partial charge in [-0.25, -0.2) is 0 Å². The fourth-order valence-electron chi connectivity index (χ4n) is 2.57. The van der Waals surface area contributed by atoms with Gasteiger partial charge in [0.15, 0.2) is 0 Å². The standard InChI is InChI=1S/C16H25BrN2O/c1-19(13-14-4-2-5-15(17)12-14)10-3-11-20-16-6-8-18-9-7-16/h2,4-5,12,16,18H,3,6-11,13H2,1H3. The largest absolute Gasteiger partial charge is 0.378 e. The predicted octanol–water partition coefficient (Wildman–Crippen LogP) is 3.04. The molecule has 4 heteroatoms. The number of rotatable bonds is 7. The van der Waals surface area contributed by atoms with Crippen LogP contribution in [0.15, 0.2) is 28.7 Å². The second-order valence-electron chi connectivity index (χ2n) is 5.54. The summed E-state index contributed by atoms with van der Waals surface area (Å²) in [7, 11) is 2.17. The highest BCUT2D eigenvalue weighted by Crippen LogP contribution is 2.13. The molecule has 1 aromatic carbocycles. The average Bonchev–Trinajstić information content (AvgIpc) is 2.45. The second-order valence-corrected chi connectivity index (χ2v) is 6.46. The normalized spacial score (nSPS) is 16.8. The molecule has 0 radical (unpaired) electrons. The topological polar surface area (TPSA) is 24.5 Å². The van der Waals surface area contributed by atoms with E-state index in [1.807, 2.05) is 0 Å². The molecule has 0 aliphatic carbocycles. The fourth-order valence-corrected chi connectivity index (χ4v) is 3.02. The number of piperidine rings is 1. The molecule has 1 aliphatic rings. The highest BCUT2D eigenvalue weighted by Gasteiger charge is 2.12. The van der Waals surface area contributed by atoms with E-state index < -0.39 is 0 Å². The van der Waals surface area contributed by atoms with E-state index in [2.05, 4.69) is 57.5 Å². The summed E-state index contributed by atoms with van der Waals surface area (Å²) in [5, 5.41) is 3.36. The first-order valence-corrected chi connectivity index (χ1v) is 8.28. The first-order valence-electron chi connectivity index (χ1n) is 7.49. The van der Waals surface area contributed by atoms with E-state index in [-0.39, 0.29) is 0 Å². The molecule has 112 valence electrons. The summed E-state index contributed by atoms with van der Waals surface area (Å²) in [4.78, 5) is 2.35. The number of ether oxygens (including phenoxy) is 1. The maximum atomic E-state index is 5.93. The van der Waals surface area contributed by atoms with Crippen LogP contribution in [0.3, 0.4) is 0 Å². The SMILES string of the molecule is CN(CCCOC1CCNCC1)Cc1cccc(Br)c1. The zero-order valence-corrected chi connectivity index (χ0v) is 13.9. The minimum Gasteiger partial charge on any atom is -0.378 e. The monoisotopic (exact) mass is 340 g/mol. The maximum Gasteiger partial charge on any atom is 0.0599 e. The summed E-state index contributed by atoms with van der Waals surface area (Å²) in [6, 6.07) is 8.51. The zero-order chi connectivity index (χ0) is 14.2. The van der Waals surface area contributed by atoms with Crippen LogP contribution >= 0.6 is 15.9 Å². The molecule has 3 nitrogen and oxygen atoms in total. The van der Waals surface area contributed by atoms with Crippen LogP contribution in [0.5, 0.6) is 0 Å². The van der Waals surface area contributed by atoms with Gasteiger partial charge in [0.25, 0.3) is 0 Å². The molecule has 0 atom stereocenters. The van der Waals surface area contributed by atoms with E-state index in [4.69, 9.17) is 4.74 Å². The fraction of sp³-hybridized carbons (Fsp3) is 0.625. The lowest BCUT2D eigenvalue weighted by molar-refractivity contribution is 0.0284. The van der Waals surface area contributed by atoms with Crippen LogP contribution in [0.4, 0.5) is 0 Å². The van der Waals surface area contributed by atoms with Crippen LogP contribution in [-0.2, 0) is 11.3 Å². The van der Waals surface area contributed by atoms with E-state index in [0.717, 1.165) is 56.5 Å². The Balaban J connectivity index is 1.59. The highest BCUT2D eigenvalue weighted by atomic mass is 79.9. The first kappa shape index (κ1) is 16.0. The van der Waals surface area contributed by atoms with Crippen molar-refractivity contribution in [3.63, 3.8) is 0 Å². The van der Waals surface area contributed by atoms with Gasteiger partial charge in [0, 0.05) is 24.2 Å². The third-order valence-corrected chi connectivity index (χ3v) is 4.16. The maximum absolute atomic E-state index is 5.93. The number of halogens is 1. The number of hydrogen-bond donors (Lipinski definition) is 1. The summed E-state index contributed by atoms with van der Waals surface area (Å²) < 4.78 is 7.08. The minimum absolute atomic E-state index is 0.478. The summed E-state index contributed by atoms with van der Waals surface area (Å²) in [6.07, 6.45) is 3.91. The minimum atomic E-state index is 0.478. The molecule has 1 N–H and O–H groups in total. The lowest BCUT2D eigenvalue weighted by Gasteiger charge is -2.23. The van der Waals surface area contributed by atoms with Crippen molar-refractivity contribution in [2.75, 3.05) is 33.3 Å². The Hall–Kier alpha value is -0.420. The molecule has 1 aliphatic heterocycles. The Kier molecular flexibility index (Phi) is 7.00. The van der Waals surface area contributed by atoms with Gasteiger partial charge in [0.1, 0.15) is 0 Å². The van der Waals surface area contributed by atoms with Gasteiger partial charge in [0.05, 0.1) is 6.10 Å². The first-order chi connectivity index (χ1) is 9.74. The van der Waals surface area contributed by atoms with Crippen molar-refractivity contribution in [1.29, 1.82) is 0 Å². The summed E-state index contributed by atoms with van der Waals surface area (Å²) in [6.45, 7) is 5.17. The number of hydrogen-bond acceptors (Lipinski definition) is 3. The van der Waals surface area contributed by atoms with E-state index in [1.165, 1.54) is 5.56 Å². The van der Waals surface area contributed by atoms with Crippen LogP contribution in [-0.4, -0.2) is 44.3 Å². The Morgan fingerprint density at radius 1 is 1.35 bits per heavy atom. The number of benzene rings is 1. The van der Waals surface area contributed by atoms with Gasteiger partial charge in [-0.15, -0.1) is 0 Å². The van der Waals surface area contributed by atoms with E-state index in [0.29, 0.717) is 6.10 Å². The van der Waals surface area contributed by atoms with Crippen molar-refractivity contribution in [3.8, 4) is 0 Å². The van der Waals surface area contributed by atoms with Crippen LogP contribution in [0, 0.1) is 0 Å². The van der Waals surface area contributed by atoms with Gasteiger partial charge in [-0.1, -0.05) is 28.1 Å². The molecule has 0 saturated carbocycles. The lowest BCUT2D eigenvalue weighted by atomic mass is 10.1. The van der Waals surface area contributed by atoms with Crippen LogP contribution < -0.4 is 5.32 Å². The molecule has 1 fully saturated rings. The molecule has 0 amide bonds. The van der Waals surface area contributed by atoms with Crippen LogP contribution in [0.25, 0.3) is 0 Å². The van der Waals surface area contributed by atoms with Crippen molar-refractivity contribution in [3.05, 3.63) is 34.3 Å². The van der Waals surface area contributed by atoms with Gasteiger partial charge >= 0.3 is 0 Å². The van der Waals surface area contributed by atoms with Crippen LogP contribution in [0.2, 0.25) is 0 Å². The Labute approximate surface area is 130 Å². The highest BCUT2D eigenvalue weighted by molar-refractivity contribution is 9.10. The second kappa shape index (κ2) is 8.78. The molecule has 20 heavy (non-hydrogen) atoms. The Bertz CT molecular complexity index is 394. The van der Waals surface area contributed by atoms with Gasteiger partial charge in [-0.05, 0) is 57.1 Å². The zero-order valence-electron chi connectivity index (χ0n) is 12.3. The van der Waals surface area contributed by atoms with Crippen molar-refractivity contribution in [1.82, 2.24) is 10.2 Å². The Morgan fingerprint density at radius 2 is 2.15 bits per heavy atom. The molecule has 0 unspecified atom stereocenters. The molecule has 1 aromatic rings. The van der Waals surface area contributed by atoms with Gasteiger partial charge in [0.2, 0.25) is 0 Å². The third-order valence-electron chi connectivity index (χ3n) is 3.67. The molecular weight excluding hydrogens is 316 g/mol. The van der Waals surface area contributed by atoms with E-state index in [1.54, 1.807) is 0 Å². The molecule has 0 aromatic heterocycles. The molecule has 1 heterocycles. The number of nitrogens with zero attached hydrogens (tertiary/aromatic N) is 1. The van der Waals surface area contributed by atoms with E-state index in [9.17, 15) is 0 Å². The third kappa shape index (κ3) is 5.92. The summed E-state index contributed by atoms with van der Waals surface area (Å²) >= 11 is 3.52. The molecule has 0 spiro atoms. The number of nitrogens with one attached hydrogen (secondary N) is 1. The van der Waals surface area contributed by atoms with Gasteiger partial charge < -0.3 is 15.0 Å². The summed E-state index contributed by atoms with van der Waals surface area (Å²) in [5.41, 5.74) is 1.35.